The summed E-state index contributed by atoms with van der Waals surface area (Å²) in [5.41, 5.74) is 6.83. The number of aromatic hydroxyl groups is 1. The van der Waals surface area contributed by atoms with E-state index in [1.165, 1.54) is 12.3 Å². The number of halogens is 1. The van der Waals surface area contributed by atoms with E-state index in [-0.39, 0.29) is 29.2 Å². The van der Waals surface area contributed by atoms with Crippen LogP contribution in [0, 0.1) is 0 Å². The third-order valence-electron chi connectivity index (χ3n) is 3.74. The summed E-state index contributed by atoms with van der Waals surface area (Å²) in [5.74, 6) is -0.551. The minimum absolute atomic E-state index is 0.0406. The van der Waals surface area contributed by atoms with E-state index in [0.717, 1.165) is 21.1 Å². The Labute approximate surface area is 168 Å². The maximum absolute atomic E-state index is 12.6. The molecular weight excluding hydrogens is 432 g/mol. The van der Waals surface area contributed by atoms with Crippen molar-refractivity contribution in [2.75, 3.05) is 4.90 Å². The summed E-state index contributed by atoms with van der Waals surface area (Å²) in [6.45, 7) is 0. The van der Waals surface area contributed by atoms with E-state index in [0.29, 0.717) is 11.3 Å². The Kier molecular flexibility index (Phi) is 5.92. The number of benzene rings is 2. The zero-order valence-corrected chi connectivity index (χ0v) is 16.4. The number of rotatable bonds is 4. The van der Waals surface area contributed by atoms with Gasteiger partial charge in [-0.05, 0) is 36.4 Å². The predicted molar refractivity (Wildman–Crippen MR) is 110 cm³/mol. The maximum Gasteiger partial charge on any atom is 0.247 e. The van der Waals surface area contributed by atoms with Crippen molar-refractivity contribution in [1.82, 2.24) is 0 Å². The lowest BCUT2D eigenvalue weighted by atomic mass is 10.2. The molecular formula is C18H15BrN4O3S. The van der Waals surface area contributed by atoms with Crippen molar-refractivity contribution in [2.45, 2.75) is 11.7 Å². The first-order valence-corrected chi connectivity index (χ1v) is 9.56. The van der Waals surface area contributed by atoms with Gasteiger partial charge in [0.2, 0.25) is 11.8 Å². The summed E-state index contributed by atoms with van der Waals surface area (Å²) in [4.78, 5) is 26.0. The highest BCUT2D eigenvalue weighted by atomic mass is 79.9. The van der Waals surface area contributed by atoms with E-state index >= 15 is 0 Å². The van der Waals surface area contributed by atoms with Gasteiger partial charge < -0.3 is 10.8 Å². The van der Waals surface area contributed by atoms with Crippen LogP contribution in [0.1, 0.15) is 12.0 Å². The molecule has 1 atom stereocenters. The Morgan fingerprint density at radius 1 is 1.22 bits per heavy atom. The smallest absolute Gasteiger partial charge is 0.247 e. The number of amides is 2. The van der Waals surface area contributed by atoms with Crippen molar-refractivity contribution in [3.8, 4) is 5.75 Å². The SMILES string of the molecule is N/C(=N\N=C\c1ccccc1O)SC1CC(=O)N(c2ccc(Br)cc2)C1=O. The lowest BCUT2D eigenvalue weighted by Crippen LogP contribution is -2.31. The molecule has 0 aromatic heterocycles. The summed E-state index contributed by atoms with van der Waals surface area (Å²) in [5, 5.41) is 16.7. The second-order valence-electron chi connectivity index (χ2n) is 5.60. The number of para-hydroxylation sites is 1. The minimum atomic E-state index is -0.648. The zero-order valence-electron chi connectivity index (χ0n) is 13.9. The number of nitrogens with two attached hydrogens (primary N) is 1. The molecule has 27 heavy (non-hydrogen) atoms. The van der Waals surface area contributed by atoms with E-state index in [1.807, 2.05) is 0 Å². The molecule has 0 saturated carbocycles. The topological polar surface area (TPSA) is 108 Å². The highest BCUT2D eigenvalue weighted by Crippen LogP contribution is 2.30. The lowest BCUT2D eigenvalue weighted by Gasteiger charge is -2.14. The van der Waals surface area contributed by atoms with Crippen molar-refractivity contribution < 1.29 is 14.7 Å². The van der Waals surface area contributed by atoms with Gasteiger partial charge in [-0.2, -0.15) is 5.10 Å². The molecule has 138 valence electrons. The van der Waals surface area contributed by atoms with Crippen LogP contribution in [0.5, 0.6) is 5.75 Å². The summed E-state index contributed by atoms with van der Waals surface area (Å²) in [7, 11) is 0. The summed E-state index contributed by atoms with van der Waals surface area (Å²) in [6.07, 6.45) is 1.40. The highest BCUT2D eigenvalue weighted by Gasteiger charge is 2.40. The Hall–Kier alpha value is -2.65. The van der Waals surface area contributed by atoms with Crippen LogP contribution in [0.4, 0.5) is 5.69 Å². The van der Waals surface area contributed by atoms with Gasteiger partial charge in [0.25, 0.3) is 0 Å². The number of thioether (sulfide) groups is 1. The fourth-order valence-electron chi connectivity index (χ4n) is 2.47. The van der Waals surface area contributed by atoms with Gasteiger partial charge in [0.05, 0.1) is 11.9 Å². The number of nitrogens with zero attached hydrogens (tertiary/aromatic N) is 3. The number of amidine groups is 1. The van der Waals surface area contributed by atoms with Gasteiger partial charge in [0.15, 0.2) is 5.17 Å². The van der Waals surface area contributed by atoms with Crippen LogP contribution in [0.15, 0.2) is 63.2 Å². The first kappa shape index (κ1) is 19.1. The largest absolute Gasteiger partial charge is 0.507 e. The molecule has 0 bridgehead atoms. The van der Waals surface area contributed by atoms with Gasteiger partial charge in [0.1, 0.15) is 11.0 Å². The molecule has 0 aliphatic carbocycles. The quantitative estimate of drug-likeness (QED) is 0.324. The maximum atomic E-state index is 12.6. The van der Waals surface area contributed by atoms with E-state index in [1.54, 1.807) is 42.5 Å². The molecule has 1 aliphatic heterocycles. The molecule has 1 heterocycles. The van der Waals surface area contributed by atoms with Crippen molar-refractivity contribution in [3.05, 3.63) is 58.6 Å². The summed E-state index contributed by atoms with van der Waals surface area (Å²) in [6, 6.07) is 13.6. The van der Waals surface area contributed by atoms with Gasteiger partial charge >= 0.3 is 0 Å². The molecule has 0 spiro atoms. The van der Waals surface area contributed by atoms with E-state index < -0.39 is 5.25 Å². The van der Waals surface area contributed by atoms with E-state index in [9.17, 15) is 14.7 Å². The first-order chi connectivity index (χ1) is 13.0. The Morgan fingerprint density at radius 3 is 2.63 bits per heavy atom. The molecule has 9 heteroatoms. The molecule has 2 aromatic carbocycles. The van der Waals surface area contributed by atoms with Crippen LogP contribution in [-0.4, -0.2) is 33.6 Å². The molecule has 0 radical (unpaired) electrons. The third kappa shape index (κ3) is 4.55. The molecule has 1 saturated heterocycles. The van der Waals surface area contributed by atoms with Crippen molar-refractivity contribution in [1.29, 1.82) is 0 Å². The molecule has 1 unspecified atom stereocenters. The van der Waals surface area contributed by atoms with Crippen LogP contribution in [-0.2, 0) is 9.59 Å². The molecule has 2 amide bonds. The number of carbonyl (C=O) groups excluding carboxylic acids is 2. The molecule has 7 nitrogen and oxygen atoms in total. The molecule has 3 N–H and O–H groups in total. The Morgan fingerprint density at radius 2 is 1.93 bits per heavy atom. The van der Waals surface area contributed by atoms with Crippen molar-refractivity contribution >= 4 is 56.6 Å². The molecule has 2 aromatic rings. The predicted octanol–water partition coefficient (Wildman–Crippen LogP) is 2.87. The van der Waals surface area contributed by atoms with Crippen LogP contribution >= 0.6 is 27.7 Å². The number of imide groups is 1. The van der Waals surface area contributed by atoms with Gasteiger partial charge in [-0.25, -0.2) is 4.90 Å². The monoisotopic (exact) mass is 446 g/mol. The summed E-state index contributed by atoms with van der Waals surface area (Å²) < 4.78 is 0.856. The second kappa shape index (κ2) is 8.36. The lowest BCUT2D eigenvalue weighted by molar-refractivity contribution is -0.121. The van der Waals surface area contributed by atoms with Crippen LogP contribution < -0.4 is 10.6 Å². The van der Waals surface area contributed by atoms with Crippen molar-refractivity contribution in [2.24, 2.45) is 15.9 Å². The number of carbonyl (C=O) groups is 2. The average Bonchev–Trinajstić information content (AvgIpc) is 2.91. The fourth-order valence-corrected chi connectivity index (χ4v) is 3.55. The fraction of sp³-hybridized carbons (Fsp3) is 0.111. The minimum Gasteiger partial charge on any atom is -0.507 e. The van der Waals surface area contributed by atoms with Gasteiger partial charge in [0, 0.05) is 16.5 Å². The van der Waals surface area contributed by atoms with Gasteiger partial charge in [-0.3, -0.25) is 9.59 Å². The van der Waals surface area contributed by atoms with Crippen LogP contribution in [0.25, 0.3) is 0 Å². The first-order valence-electron chi connectivity index (χ1n) is 7.89. The molecule has 3 rings (SSSR count). The standard InChI is InChI=1S/C18H15BrN4O3S/c19-12-5-7-13(8-6-12)23-16(25)9-15(17(23)26)27-18(20)22-21-10-11-3-1-2-4-14(11)24/h1-8,10,15,24H,9H2,(H2,20,22)/b21-10+. The van der Waals surface area contributed by atoms with Crippen LogP contribution in [0.2, 0.25) is 0 Å². The number of phenolic OH excluding ortho intramolecular Hbond substituents is 1. The molecule has 1 aliphatic rings. The van der Waals surface area contributed by atoms with Crippen molar-refractivity contribution in [3.63, 3.8) is 0 Å². The highest BCUT2D eigenvalue weighted by molar-refractivity contribution is 9.10. The Bertz CT molecular complexity index is 930. The zero-order chi connectivity index (χ0) is 19.4. The normalized spacial score (nSPS) is 17.9. The molecule has 1 fully saturated rings. The third-order valence-corrected chi connectivity index (χ3v) is 5.25. The van der Waals surface area contributed by atoms with E-state index in [4.69, 9.17) is 5.73 Å². The van der Waals surface area contributed by atoms with Gasteiger partial charge in [-0.1, -0.05) is 39.8 Å². The van der Waals surface area contributed by atoms with E-state index in [2.05, 4.69) is 26.1 Å². The summed E-state index contributed by atoms with van der Waals surface area (Å²) >= 11 is 4.31. The number of phenols is 1. The van der Waals surface area contributed by atoms with Crippen LogP contribution in [0.3, 0.4) is 0 Å². The Balaban J connectivity index is 1.67. The number of anilines is 1. The number of hydrogen-bond donors (Lipinski definition) is 2. The number of hydrogen-bond acceptors (Lipinski definition) is 6. The second-order valence-corrected chi connectivity index (χ2v) is 7.73. The average molecular weight is 447 g/mol. The van der Waals surface area contributed by atoms with Gasteiger partial charge in [-0.15, -0.1) is 5.10 Å².